The van der Waals surface area contributed by atoms with E-state index in [0.29, 0.717) is 0 Å². The number of methoxy groups -OCH3 is 1. The van der Waals surface area contributed by atoms with Crippen LogP contribution in [-0.2, 0) is 25.3 Å². The number of hydrogen-bond donors (Lipinski definition) is 2. The minimum Gasteiger partial charge on any atom is -0.466 e. The van der Waals surface area contributed by atoms with Crippen LogP contribution in [0.5, 0.6) is 0 Å². The zero-order valence-corrected chi connectivity index (χ0v) is 13.4. The number of rotatable bonds is 3. The summed E-state index contributed by atoms with van der Waals surface area (Å²) in [5, 5.41) is 4.75. The Balaban J connectivity index is 2.29. The number of amides is 2. The molecular formula is C16H15F3N2O4. The van der Waals surface area contributed by atoms with Crippen LogP contribution in [0.4, 0.5) is 18.9 Å². The Morgan fingerprint density at radius 3 is 2.60 bits per heavy atom. The van der Waals surface area contributed by atoms with Crippen LogP contribution in [-0.4, -0.2) is 24.9 Å². The Kier molecular flexibility index (Phi) is 5.15. The van der Waals surface area contributed by atoms with Crippen molar-refractivity contribution < 1.29 is 32.3 Å². The van der Waals surface area contributed by atoms with Gasteiger partial charge in [0.2, 0.25) is 11.8 Å². The number of alkyl halides is 3. The van der Waals surface area contributed by atoms with Crippen molar-refractivity contribution in [1.29, 1.82) is 0 Å². The zero-order valence-electron chi connectivity index (χ0n) is 13.4. The predicted octanol–water partition coefficient (Wildman–Crippen LogP) is 2.23. The Bertz CT molecular complexity index is 756. The highest BCUT2D eigenvalue weighted by Crippen LogP contribution is 2.31. The van der Waals surface area contributed by atoms with Gasteiger partial charge in [-0.15, -0.1) is 0 Å². The Morgan fingerprint density at radius 2 is 2.00 bits per heavy atom. The third-order valence-electron chi connectivity index (χ3n) is 3.65. The van der Waals surface area contributed by atoms with Gasteiger partial charge in [0.1, 0.15) is 0 Å². The second kappa shape index (κ2) is 6.96. The number of carbonyl (C=O) groups excluding carboxylic acids is 3. The van der Waals surface area contributed by atoms with E-state index in [1.165, 1.54) is 13.0 Å². The number of hydrogen-bond acceptors (Lipinski definition) is 4. The average Bonchev–Trinajstić information content (AvgIpc) is 2.53. The molecule has 1 aromatic rings. The normalized spacial score (nSPS) is 17.8. The van der Waals surface area contributed by atoms with Crippen molar-refractivity contribution >= 4 is 23.5 Å². The maximum atomic E-state index is 12.7. The smallest absolute Gasteiger partial charge is 0.416 e. The van der Waals surface area contributed by atoms with Gasteiger partial charge in [-0.1, -0.05) is 6.07 Å². The number of esters is 1. The molecule has 2 amide bonds. The molecule has 134 valence electrons. The fraction of sp³-hybridized carbons (Fsp3) is 0.312. The van der Waals surface area contributed by atoms with E-state index in [-0.39, 0.29) is 23.4 Å². The van der Waals surface area contributed by atoms with Crippen molar-refractivity contribution in [2.24, 2.45) is 5.92 Å². The van der Waals surface area contributed by atoms with Crippen LogP contribution in [0.15, 0.2) is 35.5 Å². The SMILES string of the molecule is COC(=O)C1=C(C)NC(=O)C[C@@H]1C(=O)Nc1cccc(C(F)(F)F)c1. The summed E-state index contributed by atoms with van der Waals surface area (Å²) in [5.74, 6) is -3.19. The molecule has 0 radical (unpaired) electrons. The molecular weight excluding hydrogens is 341 g/mol. The quantitative estimate of drug-likeness (QED) is 0.814. The fourth-order valence-corrected chi connectivity index (χ4v) is 2.51. The van der Waals surface area contributed by atoms with Crippen LogP contribution in [0.2, 0.25) is 0 Å². The zero-order chi connectivity index (χ0) is 18.8. The third-order valence-corrected chi connectivity index (χ3v) is 3.65. The summed E-state index contributed by atoms with van der Waals surface area (Å²) < 4.78 is 42.8. The monoisotopic (exact) mass is 356 g/mol. The van der Waals surface area contributed by atoms with E-state index in [1.54, 1.807) is 0 Å². The molecule has 1 heterocycles. The van der Waals surface area contributed by atoms with Gasteiger partial charge in [-0.3, -0.25) is 9.59 Å². The number of ether oxygens (including phenoxy) is 1. The summed E-state index contributed by atoms with van der Waals surface area (Å²) in [5.41, 5.74) is -0.877. The molecule has 25 heavy (non-hydrogen) atoms. The van der Waals surface area contributed by atoms with Gasteiger partial charge in [0.15, 0.2) is 0 Å². The van der Waals surface area contributed by atoms with Crippen molar-refractivity contribution in [3.63, 3.8) is 0 Å². The van der Waals surface area contributed by atoms with Gasteiger partial charge in [-0.25, -0.2) is 4.79 Å². The summed E-state index contributed by atoms with van der Waals surface area (Å²) in [4.78, 5) is 36.0. The maximum absolute atomic E-state index is 12.7. The first-order valence-corrected chi connectivity index (χ1v) is 7.20. The highest BCUT2D eigenvalue weighted by atomic mass is 19.4. The van der Waals surface area contributed by atoms with E-state index < -0.39 is 35.4 Å². The van der Waals surface area contributed by atoms with Crippen LogP contribution in [0.25, 0.3) is 0 Å². The lowest BCUT2D eigenvalue weighted by Gasteiger charge is -2.25. The minimum atomic E-state index is -4.56. The summed E-state index contributed by atoms with van der Waals surface area (Å²) in [6, 6.07) is 4.07. The third kappa shape index (κ3) is 4.17. The fourth-order valence-electron chi connectivity index (χ4n) is 2.51. The molecule has 2 N–H and O–H groups in total. The van der Waals surface area contributed by atoms with Crippen molar-refractivity contribution in [3.8, 4) is 0 Å². The van der Waals surface area contributed by atoms with E-state index >= 15 is 0 Å². The van der Waals surface area contributed by atoms with Crippen LogP contribution < -0.4 is 10.6 Å². The number of allylic oxidation sites excluding steroid dienone is 1. The van der Waals surface area contributed by atoms with Crippen LogP contribution in [0, 0.1) is 5.92 Å². The molecule has 9 heteroatoms. The molecule has 0 spiro atoms. The van der Waals surface area contributed by atoms with Gasteiger partial charge in [0.05, 0.1) is 24.2 Å². The first-order valence-electron chi connectivity index (χ1n) is 7.20. The molecule has 0 bridgehead atoms. The Labute approximate surface area is 141 Å². The van der Waals surface area contributed by atoms with E-state index in [4.69, 9.17) is 0 Å². The van der Waals surface area contributed by atoms with Gasteiger partial charge >= 0.3 is 12.1 Å². The predicted molar refractivity (Wildman–Crippen MR) is 81.0 cm³/mol. The van der Waals surface area contributed by atoms with Crippen molar-refractivity contribution in [3.05, 3.63) is 41.1 Å². The molecule has 0 saturated heterocycles. The number of anilines is 1. The second-order valence-corrected chi connectivity index (χ2v) is 5.40. The molecule has 1 atom stereocenters. The standard InChI is InChI=1S/C16H15F3N2O4/c1-8-13(15(24)25-2)11(7-12(22)20-8)14(23)21-10-5-3-4-9(6-10)16(17,18)19/h3-6,11H,7H2,1-2H3,(H,20,22)(H,21,23)/t11-/m0/s1. The largest absolute Gasteiger partial charge is 0.466 e. The van der Waals surface area contributed by atoms with Crippen LogP contribution in [0.1, 0.15) is 18.9 Å². The van der Waals surface area contributed by atoms with Gasteiger partial charge in [0.25, 0.3) is 0 Å². The molecule has 1 aliphatic heterocycles. The Morgan fingerprint density at radius 1 is 1.32 bits per heavy atom. The summed E-state index contributed by atoms with van der Waals surface area (Å²) >= 11 is 0. The lowest BCUT2D eigenvalue weighted by Crippen LogP contribution is -2.40. The highest BCUT2D eigenvalue weighted by molar-refractivity contribution is 6.06. The Hall–Kier alpha value is -2.84. The van der Waals surface area contributed by atoms with Crippen molar-refractivity contribution in [2.75, 3.05) is 12.4 Å². The molecule has 0 unspecified atom stereocenters. The van der Waals surface area contributed by atoms with Gasteiger partial charge in [-0.2, -0.15) is 13.2 Å². The van der Waals surface area contributed by atoms with E-state index in [9.17, 15) is 27.6 Å². The first-order chi connectivity index (χ1) is 11.6. The summed E-state index contributed by atoms with van der Waals surface area (Å²) in [6.07, 6.45) is -4.87. The van der Waals surface area contributed by atoms with Crippen LogP contribution in [0.3, 0.4) is 0 Å². The van der Waals surface area contributed by atoms with E-state index in [1.807, 2.05) is 0 Å². The number of carbonyl (C=O) groups is 3. The maximum Gasteiger partial charge on any atom is 0.416 e. The van der Waals surface area contributed by atoms with Gasteiger partial charge in [0, 0.05) is 17.8 Å². The molecule has 1 aliphatic rings. The molecule has 0 aliphatic carbocycles. The number of benzene rings is 1. The molecule has 1 aromatic carbocycles. The second-order valence-electron chi connectivity index (χ2n) is 5.40. The lowest BCUT2D eigenvalue weighted by molar-refractivity contribution is -0.139. The summed E-state index contributed by atoms with van der Waals surface area (Å²) in [7, 11) is 1.13. The minimum absolute atomic E-state index is 0.0356. The van der Waals surface area contributed by atoms with E-state index in [0.717, 1.165) is 25.3 Å². The first kappa shape index (κ1) is 18.5. The number of nitrogens with one attached hydrogen (secondary N) is 2. The lowest BCUT2D eigenvalue weighted by atomic mass is 9.89. The molecule has 0 aromatic heterocycles. The topological polar surface area (TPSA) is 84.5 Å². The van der Waals surface area contributed by atoms with Gasteiger partial charge in [-0.05, 0) is 25.1 Å². The summed E-state index contributed by atoms with van der Waals surface area (Å²) in [6.45, 7) is 1.44. The molecule has 0 fully saturated rings. The molecule has 6 nitrogen and oxygen atoms in total. The van der Waals surface area contributed by atoms with E-state index in [2.05, 4.69) is 15.4 Å². The van der Waals surface area contributed by atoms with Crippen LogP contribution >= 0.6 is 0 Å². The number of halogens is 3. The van der Waals surface area contributed by atoms with Crippen molar-refractivity contribution in [1.82, 2.24) is 5.32 Å². The molecule has 0 saturated carbocycles. The average molecular weight is 356 g/mol. The van der Waals surface area contributed by atoms with Gasteiger partial charge < -0.3 is 15.4 Å². The highest BCUT2D eigenvalue weighted by Gasteiger charge is 2.36. The molecule has 2 rings (SSSR count). The van der Waals surface area contributed by atoms with Crippen molar-refractivity contribution in [2.45, 2.75) is 19.5 Å².